The molecule has 0 unspecified atom stereocenters. The fourth-order valence-electron chi connectivity index (χ4n) is 3.53. The first-order valence-corrected chi connectivity index (χ1v) is 10.1. The van der Waals surface area contributed by atoms with Crippen LogP contribution in [0.1, 0.15) is 16.0 Å². The molecule has 4 aromatic rings. The Morgan fingerprint density at radius 2 is 2.04 bits per heavy atom. The van der Waals surface area contributed by atoms with Crippen molar-refractivity contribution in [1.29, 1.82) is 0 Å². The first-order valence-electron chi connectivity index (χ1n) is 8.05. The van der Waals surface area contributed by atoms with Crippen molar-refractivity contribution in [1.82, 2.24) is 4.98 Å². The number of halogens is 1. The van der Waals surface area contributed by atoms with Crippen LogP contribution in [0.2, 0.25) is 4.34 Å². The van der Waals surface area contributed by atoms with Crippen LogP contribution >= 0.6 is 34.3 Å². The second kappa shape index (κ2) is 5.80. The molecule has 0 bridgehead atoms. The van der Waals surface area contributed by atoms with Crippen LogP contribution in [0.4, 0.5) is 5.13 Å². The number of nitrogens with zero attached hydrogens (tertiary/aromatic N) is 1. The molecule has 0 saturated heterocycles. The van der Waals surface area contributed by atoms with Gasteiger partial charge in [-0.05, 0) is 47.6 Å². The van der Waals surface area contributed by atoms with Crippen molar-refractivity contribution in [2.45, 2.75) is 19.3 Å². The second-order valence-electron chi connectivity index (χ2n) is 6.17. The lowest BCUT2D eigenvalue weighted by Gasteiger charge is -2.02. The Morgan fingerprint density at radius 3 is 2.88 bits per heavy atom. The number of thiazole rings is 1. The molecule has 0 saturated carbocycles. The minimum absolute atomic E-state index is 0.0603. The number of benzene rings is 2. The summed E-state index contributed by atoms with van der Waals surface area (Å²) in [5.41, 5.74) is 3.79. The lowest BCUT2D eigenvalue weighted by molar-refractivity contribution is -0.115. The molecule has 2 heterocycles. The van der Waals surface area contributed by atoms with Crippen LogP contribution in [0.15, 0.2) is 36.4 Å². The molecule has 5 rings (SSSR count). The zero-order valence-electron chi connectivity index (χ0n) is 13.1. The van der Waals surface area contributed by atoms with E-state index < -0.39 is 0 Å². The highest BCUT2D eigenvalue weighted by atomic mass is 35.5. The molecule has 3 nitrogen and oxygen atoms in total. The fraction of sp³-hybridized carbons (Fsp3) is 0.158. The van der Waals surface area contributed by atoms with Gasteiger partial charge in [-0.3, -0.25) is 4.79 Å². The highest BCUT2D eigenvalue weighted by Gasteiger charge is 2.19. The predicted octanol–water partition coefficient (Wildman–Crippen LogP) is 5.44. The van der Waals surface area contributed by atoms with E-state index in [1.807, 2.05) is 12.1 Å². The standard InChI is InChI=1S/C19H13ClN2OS2/c20-15-7-6-12(24-15)9-16(23)21-19-22-18-13-3-1-2-10-4-5-11(17(10)13)8-14(18)25-19/h1-3,6-8H,4-5,9H2,(H,21,22,23). The molecule has 2 aromatic heterocycles. The molecule has 6 heteroatoms. The van der Waals surface area contributed by atoms with Gasteiger partial charge in [0.25, 0.3) is 0 Å². The number of rotatable bonds is 3. The number of aryl methyl sites for hydroxylation is 2. The lowest BCUT2D eigenvalue weighted by Crippen LogP contribution is -2.13. The number of anilines is 1. The van der Waals surface area contributed by atoms with Gasteiger partial charge >= 0.3 is 0 Å². The fourth-order valence-corrected chi connectivity index (χ4v) is 5.58. The van der Waals surface area contributed by atoms with E-state index in [1.165, 1.54) is 33.2 Å². The van der Waals surface area contributed by atoms with Crippen LogP contribution in [-0.4, -0.2) is 10.9 Å². The van der Waals surface area contributed by atoms with Crippen LogP contribution in [0.25, 0.3) is 21.0 Å². The van der Waals surface area contributed by atoms with Gasteiger partial charge in [0.15, 0.2) is 5.13 Å². The van der Waals surface area contributed by atoms with Crippen molar-refractivity contribution in [3.05, 3.63) is 56.7 Å². The van der Waals surface area contributed by atoms with Crippen molar-refractivity contribution in [2.75, 3.05) is 5.32 Å². The lowest BCUT2D eigenvalue weighted by atomic mass is 10.0. The van der Waals surface area contributed by atoms with Crippen molar-refractivity contribution in [3.63, 3.8) is 0 Å². The van der Waals surface area contributed by atoms with Crippen LogP contribution in [0.5, 0.6) is 0 Å². The van der Waals surface area contributed by atoms with Gasteiger partial charge in [0.1, 0.15) is 0 Å². The zero-order valence-corrected chi connectivity index (χ0v) is 15.5. The van der Waals surface area contributed by atoms with Gasteiger partial charge < -0.3 is 5.32 Å². The highest BCUT2D eigenvalue weighted by molar-refractivity contribution is 7.22. The minimum atomic E-state index is -0.0603. The summed E-state index contributed by atoms with van der Waals surface area (Å²) in [7, 11) is 0. The van der Waals surface area contributed by atoms with E-state index in [0.717, 1.165) is 27.9 Å². The van der Waals surface area contributed by atoms with E-state index in [2.05, 4.69) is 29.6 Å². The minimum Gasteiger partial charge on any atom is -0.302 e. The average molecular weight is 385 g/mol. The third-order valence-electron chi connectivity index (χ3n) is 4.56. The van der Waals surface area contributed by atoms with Gasteiger partial charge in [-0.1, -0.05) is 41.1 Å². The number of aromatic nitrogens is 1. The van der Waals surface area contributed by atoms with E-state index in [-0.39, 0.29) is 5.91 Å². The quantitative estimate of drug-likeness (QED) is 0.510. The Labute approximate surface area is 157 Å². The molecule has 0 spiro atoms. The largest absolute Gasteiger partial charge is 0.302 e. The second-order valence-corrected chi connectivity index (χ2v) is 9.00. The summed E-state index contributed by atoms with van der Waals surface area (Å²) < 4.78 is 1.84. The number of carbonyl (C=O) groups excluding carboxylic acids is 1. The Balaban J connectivity index is 1.50. The van der Waals surface area contributed by atoms with Gasteiger partial charge in [-0.2, -0.15) is 0 Å². The Morgan fingerprint density at radius 1 is 1.16 bits per heavy atom. The number of hydrogen-bond acceptors (Lipinski definition) is 4. The summed E-state index contributed by atoms with van der Waals surface area (Å²) in [6, 6.07) is 12.4. The Hall–Kier alpha value is -1.95. The summed E-state index contributed by atoms with van der Waals surface area (Å²) >= 11 is 8.90. The number of thiophene rings is 1. The third-order valence-corrected chi connectivity index (χ3v) is 6.71. The van der Waals surface area contributed by atoms with Gasteiger partial charge in [0, 0.05) is 10.3 Å². The monoisotopic (exact) mass is 384 g/mol. The van der Waals surface area contributed by atoms with Crippen molar-refractivity contribution < 1.29 is 4.79 Å². The van der Waals surface area contributed by atoms with Gasteiger partial charge in [-0.15, -0.1) is 11.3 Å². The normalized spacial score (nSPS) is 13.0. The molecule has 0 atom stereocenters. The summed E-state index contributed by atoms with van der Waals surface area (Å²) in [5, 5.41) is 6.15. The van der Waals surface area contributed by atoms with Gasteiger partial charge in [0.05, 0.1) is 21.0 Å². The first-order chi connectivity index (χ1) is 12.2. The molecule has 1 aliphatic rings. The van der Waals surface area contributed by atoms with Crippen molar-refractivity contribution >= 4 is 66.3 Å². The number of nitrogens with one attached hydrogen (secondary N) is 1. The first kappa shape index (κ1) is 15.3. The summed E-state index contributed by atoms with van der Waals surface area (Å²) in [4.78, 5) is 17.9. The maximum Gasteiger partial charge on any atom is 0.231 e. The molecule has 1 aliphatic carbocycles. The van der Waals surface area contributed by atoms with E-state index >= 15 is 0 Å². The maximum absolute atomic E-state index is 12.3. The van der Waals surface area contributed by atoms with Gasteiger partial charge in [-0.25, -0.2) is 4.98 Å². The number of fused-ring (bicyclic) bond motifs is 2. The highest BCUT2D eigenvalue weighted by Crippen LogP contribution is 2.39. The number of carbonyl (C=O) groups is 1. The topological polar surface area (TPSA) is 42.0 Å². The number of amides is 1. The Bertz CT molecular complexity index is 1150. The molecule has 124 valence electrons. The molecule has 0 radical (unpaired) electrons. The van der Waals surface area contributed by atoms with E-state index in [4.69, 9.17) is 16.6 Å². The SMILES string of the molecule is O=C(Cc1ccc(Cl)s1)Nc1nc2c(cc3c4c(cccc42)CC3)s1. The van der Waals surface area contributed by atoms with E-state index in [0.29, 0.717) is 15.9 Å². The summed E-state index contributed by atoms with van der Waals surface area (Å²) in [5.74, 6) is -0.0603. The van der Waals surface area contributed by atoms with Crippen molar-refractivity contribution in [3.8, 4) is 0 Å². The molecule has 25 heavy (non-hydrogen) atoms. The summed E-state index contributed by atoms with van der Waals surface area (Å²) in [6.45, 7) is 0. The van der Waals surface area contributed by atoms with E-state index in [1.54, 1.807) is 11.3 Å². The van der Waals surface area contributed by atoms with E-state index in [9.17, 15) is 4.79 Å². The van der Waals surface area contributed by atoms with Crippen molar-refractivity contribution in [2.24, 2.45) is 0 Å². The van der Waals surface area contributed by atoms with Crippen LogP contribution in [-0.2, 0) is 24.1 Å². The van der Waals surface area contributed by atoms with Crippen LogP contribution in [0.3, 0.4) is 0 Å². The summed E-state index contributed by atoms with van der Waals surface area (Å²) in [6.07, 6.45) is 2.52. The molecule has 1 amide bonds. The van der Waals surface area contributed by atoms with Crippen LogP contribution in [0, 0.1) is 0 Å². The number of hydrogen-bond donors (Lipinski definition) is 1. The molecule has 0 fully saturated rings. The average Bonchev–Trinajstić information content (AvgIpc) is 3.28. The third kappa shape index (κ3) is 2.63. The molecular weight excluding hydrogens is 372 g/mol. The zero-order chi connectivity index (χ0) is 17.0. The molecule has 0 aliphatic heterocycles. The molecule has 2 aromatic carbocycles. The smallest absolute Gasteiger partial charge is 0.231 e. The van der Waals surface area contributed by atoms with Gasteiger partial charge in [0.2, 0.25) is 5.91 Å². The maximum atomic E-state index is 12.3. The predicted molar refractivity (Wildman–Crippen MR) is 106 cm³/mol. The molecular formula is C19H13ClN2OS2. The molecule has 1 N–H and O–H groups in total. The van der Waals surface area contributed by atoms with Crippen LogP contribution < -0.4 is 5.32 Å². The Kier molecular flexibility index (Phi) is 3.55.